The fourth-order valence-corrected chi connectivity index (χ4v) is 5.94. The molecule has 0 amide bonds. The molecule has 0 aliphatic carbocycles. The Balaban J connectivity index is 2.25. The molecule has 3 rings (SSSR count). The molecule has 2 atom stereocenters. The predicted octanol–water partition coefficient (Wildman–Crippen LogP) is 3.37. The minimum Gasteiger partial charge on any atom is -0.392 e. The van der Waals surface area contributed by atoms with E-state index in [-0.39, 0.29) is 11.7 Å². The zero-order valence-electron chi connectivity index (χ0n) is 16.0. The molecule has 0 fully saturated rings. The van der Waals surface area contributed by atoms with E-state index in [2.05, 4.69) is 0 Å². The van der Waals surface area contributed by atoms with Crippen molar-refractivity contribution in [2.24, 2.45) is 5.41 Å². The molecule has 0 radical (unpaired) electrons. The number of fused-ring (bicyclic) bond motifs is 1. The summed E-state index contributed by atoms with van der Waals surface area (Å²) < 4.78 is 25.9. The van der Waals surface area contributed by atoms with Crippen molar-refractivity contribution in [2.45, 2.75) is 37.7 Å². The topological polar surface area (TPSA) is 57.6 Å². The zero-order valence-corrected chi connectivity index (χ0v) is 16.8. The van der Waals surface area contributed by atoms with E-state index >= 15 is 0 Å². The number of rotatable bonds is 2. The second-order valence-electron chi connectivity index (χ2n) is 8.20. The van der Waals surface area contributed by atoms with Gasteiger partial charge in [0.1, 0.15) is 0 Å². The van der Waals surface area contributed by atoms with Crippen molar-refractivity contribution in [3.8, 4) is 0 Å². The van der Waals surface area contributed by atoms with Gasteiger partial charge in [-0.3, -0.25) is 0 Å². The molecule has 1 aliphatic heterocycles. The molecule has 1 N–H and O–H groups in total. The largest absolute Gasteiger partial charge is 0.392 e. The molecule has 140 valence electrons. The van der Waals surface area contributed by atoms with Gasteiger partial charge in [-0.1, -0.05) is 43.7 Å². The molecule has 1 aliphatic rings. The molecule has 0 unspecified atom stereocenters. The molecule has 0 aromatic heterocycles. The van der Waals surface area contributed by atoms with Crippen LogP contribution in [0, 0.1) is 12.3 Å². The van der Waals surface area contributed by atoms with Gasteiger partial charge < -0.3 is 10.0 Å². The van der Waals surface area contributed by atoms with Crippen LogP contribution in [0.25, 0.3) is 0 Å². The summed E-state index contributed by atoms with van der Waals surface area (Å²) in [6, 6.07) is 13.4. The molecule has 0 bridgehead atoms. The van der Waals surface area contributed by atoms with E-state index in [0.717, 1.165) is 16.8 Å². The van der Waals surface area contributed by atoms with Gasteiger partial charge >= 0.3 is 0 Å². The molecule has 5 heteroatoms. The molecular weight excluding hydrogens is 346 g/mol. The van der Waals surface area contributed by atoms with Gasteiger partial charge in [-0.25, -0.2) is 8.42 Å². The molecule has 4 nitrogen and oxygen atoms in total. The third-order valence-corrected chi connectivity index (χ3v) is 7.45. The first-order valence-corrected chi connectivity index (χ1v) is 10.5. The maximum absolute atomic E-state index is 13.0. The number of aliphatic hydroxyl groups excluding tert-OH is 1. The van der Waals surface area contributed by atoms with Crippen LogP contribution in [0.4, 0.5) is 5.69 Å². The minimum atomic E-state index is -3.47. The van der Waals surface area contributed by atoms with Crippen LogP contribution in [0.5, 0.6) is 0 Å². The molecule has 2 aromatic rings. The summed E-state index contributed by atoms with van der Waals surface area (Å²) in [7, 11) is 0.486. The monoisotopic (exact) mass is 373 g/mol. The fraction of sp³-hybridized carbons (Fsp3) is 0.429. The lowest BCUT2D eigenvalue weighted by atomic mass is 9.75. The number of sulfone groups is 1. The van der Waals surface area contributed by atoms with E-state index in [1.54, 1.807) is 6.07 Å². The fourth-order valence-electron chi connectivity index (χ4n) is 3.81. The Kier molecular flexibility index (Phi) is 4.65. The van der Waals surface area contributed by atoms with Gasteiger partial charge in [-0.05, 0) is 36.2 Å². The van der Waals surface area contributed by atoms with Crippen LogP contribution in [0.15, 0.2) is 47.4 Å². The van der Waals surface area contributed by atoms with Gasteiger partial charge in [-0.2, -0.15) is 0 Å². The quantitative estimate of drug-likeness (QED) is 0.877. The van der Waals surface area contributed by atoms with Gasteiger partial charge in [0.15, 0.2) is 9.84 Å². The highest BCUT2D eigenvalue weighted by atomic mass is 32.2. The summed E-state index contributed by atoms with van der Waals surface area (Å²) >= 11 is 0. The normalized spacial score (nSPS) is 23.8. The molecule has 0 spiro atoms. The highest BCUT2D eigenvalue weighted by Gasteiger charge is 2.44. The Morgan fingerprint density at radius 2 is 1.69 bits per heavy atom. The van der Waals surface area contributed by atoms with Crippen LogP contribution >= 0.6 is 0 Å². The van der Waals surface area contributed by atoms with Crippen LogP contribution in [-0.4, -0.2) is 39.5 Å². The maximum Gasteiger partial charge on any atom is 0.179 e. The van der Waals surface area contributed by atoms with Crippen LogP contribution < -0.4 is 4.90 Å². The van der Waals surface area contributed by atoms with Gasteiger partial charge in [0.2, 0.25) is 0 Å². The summed E-state index contributed by atoms with van der Waals surface area (Å²) in [6.45, 7) is 5.60. The molecule has 0 saturated carbocycles. The molecule has 0 saturated heterocycles. The van der Waals surface area contributed by atoms with Gasteiger partial charge in [0.05, 0.1) is 16.8 Å². The number of benzene rings is 2. The second kappa shape index (κ2) is 6.39. The Morgan fingerprint density at radius 1 is 1.08 bits per heavy atom. The van der Waals surface area contributed by atoms with Gasteiger partial charge in [0.25, 0.3) is 0 Å². The summed E-state index contributed by atoms with van der Waals surface area (Å²) in [6.07, 6.45) is -0.800. The van der Waals surface area contributed by atoms with Crippen molar-refractivity contribution in [2.75, 3.05) is 24.7 Å². The second-order valence-corrected chi connectivity index (χ2v) is 10.2. The average Bonchev–Trinajstić information content (AvgIpc) is 2.59. The van der Waals surface area contributed by atoms with Crippen molar-refractivity contribution in [1.82, 2.24) is 0 Å². The van der Waals surface area contributed by atoms with E-state index in [1.165, 1.54) is 0 Å². The predicted molar refractivity (Wildman–Crippen MR) is 106 cm³/mol. The Hall–Kier alpha value is -1.85. The maximum atomic E-state index is 13.0. The van der Waals surface area contributed by atoms with Crippen molar-refractivity contribution in [1.29, 1.82) is 0 Å². The standard InChI is InChI=1S/C21H27NO3S/c1-14-6-11-18-17(12-14)19(15-7-9-16(10-8-15)22(4)5)20(23)21(2,3)13-26(18,24)25/h6-12,19-20,23H,13H2,1-5H3/t19-,20-/m1/s1. The average molecular weight is 374 g/mol. The number of anilines is 1. The third kappa shape index (κ3) is 3.26. The lowest BCUT2D eigenvalue weighted by Crippen LogP contribution is -2.38. The van der Waals surface area contributed by atoms with Gasteiger partial charge in [0, 0.05) is 31.1 Å². The van der Waals surface area contributed by atoms with E-state index in [0.29, 0.717) is 10.5 Å². The number of hydrogen-bond donors (Lipinski definition) is 1. The number of aryl methyl sites for hydroxylation is 1. The van der Waals surface area contributed by atoms with Crippen LogP contribution in [0.3, 0.4) is 0 Å². The summed E-state index contributed by atoms with van der Waals surface area (Å²) in [5, 5.41) is 11.2. The molecular formula is C21H27NO3S. The summed E-state index contributed by atoms with van der Waals surface area (Å²) in [4.78, 5) is 2.36. The van der Waals surface area contributed by atoms with Crippen molar-refractivity contribution >= 4 is 15.5 Å². The molecule has 2 aromatic carbocycles. The molecule has 1 heterocycles. The van der Waals surface area contributed by atoms with Crippen LogP contribution in [-0.2, 0) is 9.84 Å². The van der Waals surface area contributed by atoms with E-state index < -0.39 is 21.4 Å². The van der Waals surface area contributed by atoms with Crippen LogP contribution in [0.1, 0.15) is 36.5 Å². The lowest BCUT2D eigenvalue weighted by Gasteiger charge is -2.33. The summed E-state index contributed by atoms with van der Waals surface area (Å²) in [5.74, 6) is -0.447. The number of aliphatic hydroxyl groups is 1. The summed E-state index contributed by atoms with van der Waals surface area (Å²) in [5.41, 5.74) is 2.92. The van der Waals surface area contributed by atoms with Crippen molar-refractivity contribution < 1.29 is 13.5 Å². The van der Waals surface area contributed by atoms with Crippen LogP contribution in [0.2, 0.25) is 0 Å². The Bertz CT molecular complexity index is 915. The Morgan fingerprint density at radius 3 is 2.27 bits per heavy atom. The highest BCUT2D eigenvalue weighted by Crippen LogP contribution is 2.44. The SMILES string of the molecule is Cc1ccc2c(c1)[C@@H](c1ccc(N(C)C)cc1)[C@@H](O)C(C)(C)CS2(=O)=O. The van der Waals surface area contributed by atoms with Crippen molar-refractivity contribution in [3.05, 3.63) is 59.2 Å². The number of nitrogens with zero attached hydrogens (tertiary/aromatic N) is 1. The first-order chi connectivity index (χ1) is 12.0. The first kappa shape index (κ1) is 18.9. The number of hydrogen-bond acceptors (Lipinski definition) is 4. The molecule has 26 heavy (non-hydrogen) atoms. The van der Waals surface area contributed by atoms with Gasteiger partial charge in [-0.15, -0.1) is 0 Å². The smallest absolute Gasteiger partial charge is 0.179 e. The van der Waals surface area contributed by atoms with E-state index in [4.69, 9.17) is 0 Å². The minimum absolute atomic E-state index is 0.0660. The van der Waals surface area contributed by atoms with E-state index in [1.807, 2.05) is 76.2 Å². The Labute approximate surface area is 156 Å². The van der Waals surface area contributed by atoms with Crippen molar-refractivity contribution in [3.63, 3.8) is 0 Å². The first-order valence-electron chi connectivity index (χ1n) is 8.81. The zero-order chi connectivity index (χ0) is 19.3. The highest BCUT2D eigenvalue weighted by molar-refractivity contribution is 7.91. The van der Waals surface area contributed by atoms with E-state index in [9.17, 15) is 13.5 Å². The third-order valence-electron chi connectivity index (χ3n) is 5.28. The lowest BCUT2D eigenvalue weighted by molar-refractivity contribution is 0.0521.